The highest BCUT2D eigenvalue weighted by Crippen LogP contribution is 2.33. The van der Waals surface area contributed by atoms with Gasteiger partial charge in [0.05, 0.1) is 10.2 Å². The van der Waals surface area contributed by atoms with E-state index in [-0.39, 0.29) is 0 Å². The van der Waals surface area contributed by atoms with E-state index in [1.54, 1.807) is 13.2 Å². The van der Waals surface area contributed by atoms with Crippen molar-refractivity contribution in [2.45, 2.75) is 65.3 Å². The van der Waals surface area contributed by atoms with Crippen molar-refractivity contribution in [2.24, 2.45) is 21.8 Å². The Bertz CT molecular complexity index is 925. The molecule has 1 N–H and O–H groups in total. The number of aromatic nitrogens is 1. The number of pyridine rings is 1. The molecule has 5 nitrogen and oxygen atoms in total. The first-order chi connectivity index (χ1) is 16.5. The van der Waals surface area contributed by atoms with Crippen molar-refractivity contribution in [1.29, 1.82) is 0 Å². The summed E-state index contributed by atoms with van der Waals surface area (Å²) in [5.74, 6) is 1.03. The standard InChI is InChI=1S/C28H40BrN5/c1-21(32-18-24-10-8-14-31-17-24)16-28(33-22(2)27(29)19-30-4)26-13-9-15-34(20-26)23(3)25-11-6-5-7-12-25/h8,10,14,16-17,19,25-26,32H,3,5-7,9,11-13,15,18,20H2,1-2,4H3/b21-16+,27-22-,30-19?,33-28+. The summed E-state index contributed by atoms with van der Waals surface area (Å²) in [5.41, 5.74) is 5.69. The minimum absolute atomic E-state index is 0.373. The van der Waals surface area contributed by atoms with Crippen LogP contribution in [0.15, 0.2) is 68.7 Å². The van der Waals surface area contributed by atoms with E-state index >= 15 is 0 Å². The third kappa shape index (κ3) is 7.93. The molecular formula is C28H40BrN5. The van der Waals surface area contributed by atoms with Gasteiger partial charge in [-0.2, -0.15) is 0 Å². The molecule has 1 aliphatic heterocycles. The van der Waals surface area contributed by atoms with Crippen LogP contribution in [0.3, 0.4) is 0 Å². The number of halogens is 1. The first-order valence-corrected chi connectivity index (χ1v) is 13.4. The Morgan fingerprint density at radius 1 is 1.21 bits per heavy atom. The molecule has 1 aromatic heterocycles. The van der Waals surface area contributed by atoms with Gasteiger partial charge in [0, 0.05) is 68.3 Å². The lowest BCUT2D eigenvalue weighted by Crippen LogP contribution is -2.39. The van der Waals surface area contributed by atoms with Gasteiger partial charge in [-0.1, -0.05) is 31.9 Å². The smallest absolute Gasteiger partial charge is 0.0565 e. The Kier molecular flexibility index (Phi) is 10.6. The molecule has 2 heterocycles. The third-order valence-electron chi connectivity index (χ3n) is 6.87. The zero-order valence-corrected chi connectivity index (χ0v) is 22.6. The van der Waals surface area contributed by atoms with E-state index in [1.807, 2.05) is 25.4 Å². The number of nitrogens with zero attached hydrogens (tertiary/aromatic N) is 4. The van der Waals surface area contributed by atoms with E-state index < -0.39 is 0 Å². The number of hydrogen-bond acceptors (Lipinski definition) is 5. The van der Waals surface area contributed by atoms with Gasteiger partial charge in [-0.05, 0) is 79.1 Å². The molecule has 0 spiro atoms. The summed E-state index contributed by atoms with van der Waals surface area (Å²) >= 11 is 3.63. The van der Waals surface area contributed by atoms with E-state index in [0.717, 1.165) is 47.6 Å². The minimum atomic E-state index is 0.373. The highest BCUT2D eigenvalue weighted by atomic mass is 79.9. The van der Waals surface area contributed by atoms with Gasteiger partial charge in [0.15, 0.2) is 0 Å². The molecule has 0 radical (unpaired) electrons. The fraction of sp³-hybridized carbons (Fsp3) is 0.536. The van der Waals surface area contributed by atoms with Crippen LogP contribution in [-0.4, -0.2) is 41.9 Å². The SMILES string of the molecule is C=C(C1CCCCC1)N1CCCC(C(/C=C(\C)NCc2cccnc2)=N/C(C)=C(\Br)C=NC)C1. The second kappa shape index (κ2) is 13.6. The fourth-order valence-electron chi connectivity index (χ4n) is 4.89. The maximum Gasteiger partial charge on any atom is 0.0565 e. The topological polar surface area (TPSA) is 52.9 Å². The molecule has 2 fully saturated rings. The summed E-state index contributed by atoms with van der Waals surface area (Å²) < 4.78 is 0.918. The zero-order valence-electron chi connectivity index (χ0n) is 21.1. The lowest BCUT2D eigenvalue weighted by Gasteiger charge is -2.39. The van der Waals surface area contributed by atoms with Crippen molar-refractivity contribution in [2.75, 3.05) is 20.1 Å². The van der Waals surface area contributed by atoms with Gasteiger partial charge in [0.1, 0.15) is 0 Å². The molecule has 0 amide bonds. The second-order valence-electron chi connectivity index (χ2n) is 9.51. The summed E-state index contributed by atoms with van der Waals surface area (Å²) in [6, 6.07) is 4.06. The molecule has 1 saturated heterocycles. The number of piperidine rings is 1. The van der Waals surface area contributed by atoms with Gasteiger partial charge in [0.2, 0.25) is 0 Å². The molecule has 184 valence electrons. The van der Waals surface area contributed by atoms with E-state index in [0.29, 0.717) is 11.8 Å². The minimum Gasteiger partial charge on any atom is -0.384 e. The lowest BCUT2D eigenvalue weighted by molar-refractivity contribution is 0.214. The highest BCUT2D eigenvalue weighted by molar-refractivity contribution is 9.12. The predicted molar refractivity (Wildman–Crippen MR) is 148 cm³/mol. The van der Waals surface area contributed by atoms with Crippen LogP contribution < -0.4 is 5.32 Å². The van der Waals surface area contributed by atoms with Gasteiger partial charge >= 0.3 is 0 Å². The van der Waals surface area contributed by atoms with Crippen molar-refractivity contribution in [1.82, 2.24) is 15.2 Å². The summed E-state index contributed by atoms with van der Waals surface area (Å²) in [7, 11) is 1.78. The van der Waals surface area contributed by atoms with E-state index in [1.165, 1.54) is 49.8 Å². The van der Waals surface area contributed by atoms with Crippen LogP contribution in [0.25, 0.3) is 0 Å². The molecule has 2 aliphatic rings. The van der Waals surface area contributed by atoms with Crippen LogP contribution in [0.5, 0.6) is 0 Å². The van der Waals surface area contributed by atoms with Crippen LogP contribution in [0.1, 0.15) is 64.4 Å². The number of allylic oxidation sites excluding steroid dienone is 5. The number of likely N-dealkylation sites (tertiary alicyclic amines) is 1. The Hall–Kier alpha value is -2.21. The molecule has 1 aromatic rings. The van der Waals surface area contributed by atoms with Crippen molar-refractivity contribution < 1.29 is 0 Å². The Morgan fingerprint density at radius 2 is 1.97 bits per heavy atom. The summed E-state index contributed by atoms with van der Waals surface area (Å²) in [6.07, 6.45) is 16.7. The van der Waals surface area contributed by atoms with Gasteiger partial charge in [-0.25, -0.2) is 0 Å². The number of nitrogens with one attached hydrogen (secondary N) is 1. The van der Waals surface area contributed by atoms with E-state index in [4.69, 9.17) is 4.99 Å². The first kappa shape index (κ1) is 26.4. The Morgan fingerprint density at radius 3 is 2.68 bits per heavy atom. The molecule has 1 saturated carbocycles. The maximum atomic E-state index is 5.09. The van der Waals surface area contributed by atoms with Crippen molar-refractivity contribution in [3.8, 4) is 0 Å². The molecule has 0 aromatic carbocycles. The highest BCUT2D eigenvalue weighted by Gasteiger charge is 2.28. The Labute approximate surface area is 214 Å². The van der Waals surface area contributed by atoms with Crippen LogP contribution in [-0.2, 0) is 6.54 Å². The average molecular weight is 527 g/mol. The monoisotopic (exact) mass is 525 g/mol. The van der Waals surface area contributed by atoms with Gasteiger partial charge in [0.25, 0.3) is 0 Å². The van der Waals surface area contributed by atoms with Crippen LogP contribution in [0.4, 0.5) is 0 Å². The molecule has 0 bridgehead atoms. The Balaban J connectivity index is 1.79. The molecule has 34 heavy (non-hydrogen) atoms. The quantitative estimate of drug-likeness (QED) is 0.367. The average Bonchev–Trinajstić information content (AvgIpc) is 2.88. The maximum absolute atomic E-state index is 5.09. The summed E-state index contributed by atoms with van der Waals surface area (Å²) in [6.45, 7) is 11.6. The number of hydrogen-bond donors (Lipinski definition) is 1. The first-order valence-electron chi connectivity index (χ1n) is 12.6. The second-order valence-corrected chi connectivity index (χ2v) is 10.4. The largest absolute Gasteiger partial charge is 0.384 e. The molecule has 1 unspecified atom stereocenters. The van der Waals surface area contributed by atoms with Gasteiger partial charge in [-0.15, -0.1) is 0 Å². The van der Waals surface area contributed by atoms with E-state index in [9.17, 15) is 0 Å². The predicted octanol–water partition coefficient (Wildman–Crippen LogP) is 6.65. The van der Waals surface area contributed by atoms with Gasteiger partial charge < -0.3 is 10.2 Å². The van der Waals surface area contributed by atoms with E-state index in [2.05, 4.69) is 61.8 Å². The van der Waals surface area contributed by atoms with Crippen molar-refractivity contribution in [3.63, 3.8) is 0 Å². The van der Waals surface area contributed by atoms with Crippen LogP contribution in [0, 0.1) is 11.8 Å². The van der Waals surface area contributed by atoms with Gasteiger partial charge in [-0.3, -0.25) is 15.0 Å². The van der Waals surface area contributed by atoms with Crippen molar-refractivity contribution in [3.05, 3.63) is 64.3 Å². The molecule has 1 atom stereocenters. The number of rotatable bonds is 9. The lowest BCUT2D eigenvalue weighted by atomic mass is 9.85. The summed E-state index contributed by atoms with van der Waals surface area (Å²) in [5, 5.41) is 3.54. The van der Waals surface area contributed by atoms with Crippen LogP contribution >= 0.6 is 15.9 Å². The molecule has 1 aliphatic carbocycles. The molecular weight excluding hydrogens is 486 g/mol. The molecule has 6 heteroatoms. The fourth-order valence-corrected chi connectivity index (χ4v) is 5.18. The number of aliphatic imine (C=N–C) groups is 2. The van der Waals surface area contributed by atoms with Crippen LogP contribution in [0.2, 0.25) is 0 Å². The molecule has 3 rings (SSSR count). The van der Waals surface area contributed by atoms with Crippen molar-refractivity contribution >= 4 is 27.9 Å². The summed E-state index contributed by atoms with van der Waals surface area (Å²) in [4.78, 5) is 16.0. The zero-order chi connectivity index (χ0) is 24.3. The third-order valence-corrected chi connectivity index (χ3v) is 7.64. The normalized spacial score (nSPS) is 21.5.